The lowest BCUT2D eigenvalue weighted by Crippen LogP contribution is -2.17. The molecule has 1 aliphatic rings. The molecule has 2 heterocycles. The Morgan fingerprint density at radius 1 is 1.67 bits per heavy atom. The summed E-state index contributed by atoms with van der Waals surface area (Å²) in [6.45, 7) is 3.56. The van der Waals surface area contributed by atoms with Crippen LogP contribution in [0.3, 0.4) is 0 Å². The van der Waals surface area contributed by atoms with Crippen LogP contribution >= 0.6 is 0 Å². The SMILES string of the molecule is CCCn1ncc(OC)c1C(=O)CC1CCCO1. The summed E-state index contributed by atoms with van der Waals surface area (Å²) in [5.74, 6) is 0.621. The van der Waals surface area contributed by atoms with Crippen molar-refractivity contribution in [2.45, 2.75) is 45.3 Å². The van der Waals surface area contributed by atoms with Crippen molar-refractivity contribution >= 4 is 5.78 Å². The highest BCUT2D eigenvalue weighted by Crippen LogP contribution is 2.23. The van der Waals surface area contributed by atoms with Gasteiger partial charge in [0.1, 0.15) is 5.69 Å². The highest BCUT2D eigenvalue weighted by Gasteiger charge is 2.25. The molecule has 0 bridgehead atoms. The van der Waals surface area contributed by atoms with Gasteiger partial charge in [-0.2, -0.15) is 5.10 Å². The number of nitrogens with zero attached hydrogens (tertiary/aromatic N) is 2. The van der Waals surface area contributed by atoms with Crippen LogP contribution in [0.2, 0.25) is 0 Å². The third kappa shape index (κ3) is 2.72. The van der Waals surface area contributed by atoms with Gasteiger partial charge in [0, 0.05) is 19.6 Å². The number of aromatic nitrogens is 2. The molecule has 0 aliphatic carbocycles. The van der Waals surface area contributed by atoms with Gasteiger partial charge >= 0.3 is 0 Å². The minimum absolute atomic E-state index is 0.0599. The van der Waals surface area contributed by atoms with Crippen LogP contribution in [0.1, 0.15) is 43.1 Å². The topological polar surface area (TPSA) is 53.4 Å². The fraction of sp³-hybridized carbons (Fsp3) is 0.692. The highest BCUT2D eigenvalue weighted by atomic mass is 16.5. The van der Waals surface area contributed by atoms with E-state index in [0.717, 1.165) is 32.4 Å². The summed E-state index contributed by atoms with van der Waals surface area (Å²) in [7, 11) is 1.57. The first kappa shape index (κ1) is 13.1. The van der Waals surface area contributed by atoms with Crippen molar-refractivity contribution in [3.8, 4) is 5.75 Å². The molecule has 1 saturated heterocycles. The second kappa shape index (κ2) is 6.00. The van der Waals surface area contributed by atoms with Gasteiger partial charge in [-0.25, -0.2) is 0 Å². The fourth-order valence-electron chi connectivity index (χ4n) is 2.29. The molecule has 1 aromatic heterocycles. The largest absolute Gasteiger partial charge is 0.493 e. The maximum Gasteiger partial charge on any atom is 0.187 e. The van der Waals surface area contributed by atoms with Crippen LogP contribution in [0.5, 0.6) is 5.75 Å². The molecule has 0 spiro atoms. The average Bonchev–Trinajstić information content (AvgIpc) is 2.98. The zero-order valence-electron chi connectivity index (χ0n) is 11.0. The van der Waals surface area contributed by atoms with E-state index in [1.54, 1.807) is 18.0 Å². The van der Waals surface area contributed by atoms with Crippen molar-refractivity contribution in [3.63, 3.8) is 0 Å². The summed E-state index contributed by atoms with van der Waals surface area (Å²) in [6.07, 6.45) is 5.04. The lowest BCUT2D eigenvalue weighted by Gasteiger charge is -2.10. The third-order valence-corrected chi connectivity index (χ3v) is 3.16. The molecule has 0 radical (unpaired) electrons. The Labute approximate surface area is 107 Å². The van der Waals surface area contributed by atoms with Crippen LogP contribution in [0.15, 0.2) is 6.20 Å². The molecule has 0 saturated carbocycles. The molecular weight excluding hydrogens is 232 g/mol. The first-order chi connectivity index (χ1) is 8.76. The van der Waals surface area contributed by atoms with E-state index in [1.807, 2.05) is 0 Å². The number of aryl methyl sites for hydroxylation is 1. The van der Waals surface area contributed by atoms with E-state index in [0.29, 0.717) is 17.9 Å². The summed E-state index contributed by atoms with van der Waals surface area (Å²) in [4.78, 5) is 12.3. The number of hydrogen-bond donors (Lipinski definition) is 0. The van der Waals surface area contributed by atoms with E-state index < -0.39 is 0 Å². The number of carbonyl (C=O) groups is 1. The minimum atomic E-state index is 0.0599. The van der Waals surface area contributed by atoms with Gasteiger partial charge in [0.25, 0.3) is 0 Å². The maximum atomic E-state index is 12.3. The summed E-state index contributed by atoms with van der Waals surface area (Å²) in [5.41, 5.74) is 0.579. The zero-order valence-corrected chi connectivity index (χ0v) is 11.0. The molecule has 5 nitrogen and oxygen atoms in total. The quantitative estimate of drug-likeness (QED) is 0.727. The van der Waals surface area contributed by atoms with Gasteiger partial charge in [-0.15, -0.1) is 0 Å². The number of carbonyl (C=O) groups excluding carboxylic acids is 1. The summed E-state index contributed by atoms with van der Waals surface area (Å²) in [6, 6.07) is 0. The van der Waals surface area contributed by atoms with Crippen molar-refractivity contribution < 1.29 is 14.3 Å². The van der Waals surface area contributed by atoms with Gasteiger partial charge in [0.05, 0.1) is 19.4 Å². The fourth-order valence-corrected chi connectivity index (χ4v) is 2.29. The molecule has 5 heteroatoms. The molecule has 0 N–H and O–H groups in total. The Hall–Kier alpha value is -1.36. The van der Waals surface area contributed by atoms with Crippen molar-refractivity contribution in [2.75, 3.05) is 13.7 Å². The number of rotatable bonds is 6. The summed E-state index contributed by atoms with van der Waals surface area (Å²) >= 11 is 0. The van der Waals surface area contributed by atoms with E-state index in [9.17, 15) is 4.79 Å². The lowest BCUT2D eigenvalue weighted by molar-refractivity contribution is 0.0764. The van der Waals surface area contributed by atoms with Crippen molar-refractivity contribution in [1.82, 2.24) is 9.78 Å². The molecule has 1 atom stereocenters. The van der Waals surface area contributed by atoms with Crippen molar-refractivity contribution in [2.24, 2.45) is 0 Å². The number of hydrogen-bond acceptors (Lipinski definition) is 4. The molecule has 2 rings (SSSR count). The predicted octanol–water partition coefficient (Wildman–Crippen LogP) is 2.05. The van der Waals surface area contributed by atoms with Crippen LogP contribution < -0.4 is 4.74 Å². The second-order valence-corrected chi connectivity index (χ2v) is 4.55. The molecule has 0 amide bonds. The minimum Gasteiger partial charge on any atom is -0.493 e. The van der Waals surface area contributed by atoms with Crippen molar-refractivity contribution in [3.05, 3.63) is 11.9 Å². The van der Waals surface area contributed by atoms with Crippen LogP contribution in [-0.4, -0.2) is 35.4 Å². The lowest BCUT2D eigenvalue weighted by atomic mass is 10.1. The van der Waals surface area contributed by atoms with E-state index in [4.69, 9.17) is 9.47 Å². The van der Waals surface area contributed by atoms with Gasteiger partial charge in [0.2, 0.25) is 0 Å². The molecular formula is C13H20N2O3. The van der Waals surface area contributed by atoms with Crippen LogP contribution in [0.4, 0.5) is 0 Å². The van der Waals surface area contributed by atoms with Crippen LogP contribution in [0.25, 0.3) is 0 Å². The maximum absolute atomic E-state index is 12.3. The molecule has 1 aliphatic heterocycles. The normalized spacial score (nSPS) is 19.1. The number of methoxy groups -OCH3 is 1. The van der Waals surface area contributed by atoms with Crippen molar-refractivity contribution in [1.29, 1.82) is 0 Å². The Kier molecular flexibility index (Phi) is 4.36. The molecule has 1 unspecified atom stereocenters. The van der Waals surface area contributed by atoms with E-state index in [-0.39, 0.29) is 11.9 Å². The summed E-state index contributed by atoms with van der Waals surface area (Å²) < 4.78 is 12.4. The molecule has 18 heavy (non-hydrogen) atoms. The van der Waals surface area contributed by atoms with E-state index >= 15 is 0 Å². The molecule has 1 fully saturated rings. The average molecular weight is 252 g/mol. The number of ether oxygens (including phenoxy) is 2. The van der Waals surface area contributed by atoms with Gasteiger partial charge in [-0.1, -0.05) is 6.92 Å². The Bertz CT molecular complexity index is 408. The predicted molar refractivity (Wildman–Crippen MR) is 67.0 cm³/mol. The highest BCUT2D eigenvalue weighted by molar-refractivity contribution is 5.97. The molecule has 100 valence electrons. The zero-order chi connectivity index (χ0) is 13.0. The van der Waals surface area contributed by atoms with Gasteiger partial charge in [-0.05, 0) is 19.3 Å². The van der Waals surface area contributed by atoms with Gasteiger partial charge in [0.15, 0.2) is 11.5 Å². The van der Waals surface area contributed by atoms with Gasteiger partial charge in [-0.3, -0.25) is 9.48 Å². The number of ketones is 1. The second-order valence-electron chi connectivity index (χ2n) is 4.55. The molecule has 0 aromatic carbocycles. The Morgan fingerprint density at radius 2 is 2.50 bits per heavy atom. The van der Waals surface area contributed by atoms with Crippen LogP contribution in [0, 0.1) is 0 Å². The first-order valence-electron chi connectivity index (χ1n) is 6.50. The number of Topliss-reactive ketones (excluding diaryl/α,β-unsaturated/α-hetero) is 1. The van der Waals surface area contributed by atoms with Crippen LogP contribution in [-0.2, 0) is 11.3 Å². The first-order valence-corrected chi connectivity index (χ1v) is 6.50. The third-order valence-electron chi connectivity index (χ3n) is 3.16. The molecule has 1 aromatic rings. The standard InChI is InChI=1S/C13H20N2O3/c1-3-6-15-13(12(17-2)9-14-15)11(16)8-10-5-4-7-18-10/h9-10H,3-8H2,1-2H3. The van der Waals surface area contributed by atoms with E-state index in [1.165, 1.54) is 0 Å². The summed E-state index contributed by atoms with van der Waals surface area (Å²) in [5, 5.41) is 4.20. The Balaban J connectivity index is 2.13. The Morgan fingerprint density at radius 3 is 3.11 bits per heavy atom. The smallest absolute Gasteiger partial charge is 0.187 e. The monoisotopic (exact) mass is 252 g/mol. The van der Waals surface area contributed by atoms with E-state index in [2.05, 4.69) is 12.0 Å². The van der Waals surface area contributed by atoms with Gasteiger partial charge < -0.3 is 9.47 Å².